The molecule has 0 atom stereocenters. The van der Waals surface area contributed by atoms with Gasteiger partial charge in [0.25, 0.3) is 0 Å². The maximum absolute atomic E-state index is 11.7. The van der Waals surface area contributed by atoms with E-state index in [1.165, 1.54) is 0 Å². The van der Waals surface area contributed by atoms with Crippen LogP contribution in [0.1, 0.15) is 43.1 Å². The first-order chi connectivity index (χ1) is 9.78. The molecule has 0 saturated heterocycles. The molecule has 116 valence electrons. The third-order valence-electron chi connectivity index (χ3n) is 2.51. The van der Waals surface area contributed by atoms with Crippen LogP contribution in [0.5, 0.6) is 0 Å². The zero-order valence-corrected chi connectivity index (χ0v) is 13.1. The molecule has 1 amide bonds. The number of benzene rings is 1. The molecule has 0 aliphatic rings. The maximum Gasteiger partial charge on any atom is 0.407 e. The molecule has 1 N–H and O–H groups in total. The summed E-state index contributed by atoms with van der Waals surface area (Å²) in [5.41, 5.74) is 1.11. The number of aryl methyl sites for hydroxylation is 1. The van der Waals surface area contributed by atoms with Crippen LogP contribution in [0.2, 0.25) is 0 Å². The molecular weight excluding hydrogens is 270 g/mol. The van der Waals surface area contributed by atoms with Gasteiger partial charge in [0.1, 0.15) is 5.60 Å². The van der Waals surface area contributed by atoms with Crippen molar-refractivity contribution < 1.29 is 19.1 Å². The molecule has 21 heavy (non-hydrogen) atoms. The van der Waals surface area contributed by atoms with E-state index < -0.39 is 11.7 Å². The Labute approximate surface area is 125 Å². The van der Waals surface area contributed by atoms with Crippen LogP contribution in [-0.2, 0) is 9.47 Å². The average molecular weight is 293 g/mol. The molecule has 0 unspecified atom stereocenters. The highest BCUT2D eigenvalue weighted by Crippen LogP contribution is 2.06. The lowest BCUT2D eigenvalue weighted by atomic mass is 10.1. The predicted molar refractivity (Wildman–Crippen MR) is 80.3 cm³/mol. The van der Waals surface area contributed by atoms with Gasteiger partial charge in [0.05, 0.1) is 12.2 Å². The van der Waals surface area contributed by atoms with Crippen LogP contribution in [0.25, 0.3) is 0 Å². The summed E-state index contributed by atoms with van der Waals surface area (Å²) in [7, 11) is 0. The smallest absolute Gasteiger partial charge is 0.407 e. The fourth-order valence-corrected chi connectivity index (χ4v) is 1.51. The zero-order valence-electron chi connectivity index (χ0n) is 13.1. The molecule has 5 heteroatoms. The van der Waals surface area contributed by atoms with Crippen molar-refractivity contribution in [2.45, 2.75) is 39.7 Å². The molecule has 0 spiro atoms. The Kier molecular flexibility index (Phi) is 6.21. The van der Waals surface area contributed by atoms with Crippen LogP contribution in [0.3, 0.4) is 0 Å². The topological polar surface area (TPSA) is 64.6 Å². The number of amides is 1. The average Bonchev–Trinajstić information content (AvgIpc) is 2.36. The van der Waals surface area contributed by atoms with E-state index >= 15 is 0 Å². The second-order valence-corrected chi connectivity index (χ2v) is 5.78. The highest BCUT2D eigenvalue weighted by molar-refractivity contribution is 5.89. The van der Waals surface area contributed by atoms with E-state index in [-0.39, 0.29) is 12.6 Å². The molecule has 5 nitrogen and oxygen atoms in total. The van der Waals surface area contributed by atoms with E-state index in [2.05, 4.69) is 5.32 Å². The molecule has 1 aromatic carbocycles. The van der Waals surface area contributed by atoms with E-state index in [0.717, 1.165) is 5.56 Å². The molecule has 0 radical (unpaired) electrons. The van der Waals surface area contributed by atoms with Crippen molar-refractivity contribution in [1.29, 1.82) is 0 Å². The fourth-order valence-electron chi connectivity index (χ4n) is 1.51. The summed E-state index contributed by atoms with van der Waals surface area (Å²) >= 11 is 0. The number of alkyl carbamates (subject to hydrolysis) is 1. The Balaban J connectivity index is 2.18. The summed E-state index contributed by atoms with van der Waals surface area (Å²) in [4.78, 5) is 23.1. The Morgan fingerprint density at radius 3 is 2.33 bits per heavy atom. The molecule has 0 saturated carbocycles. The van der Waals surface area contributed by atoms with Crippen molar-refractivity contribution in [2.24, 2.45) is 0 Å². The van der Waals surface area contributed by atoms with Gasteiger partial charge in [-0.05, 0) is 46.2 Å². The SMILES string of the molecule is Cc1ccc(C(=O)OCCCNC(=O)OC(C)(C)C)cc1. The van der Waals surface area contributed by atoms with Crippen molar-refractivity contribution in [1.82, 2.24) is 5.32 Å². The molecule has 0 aliphatic carbocycles. The van der Waals surface area contributed by atoms with Crippen LogP contribution in [-0.4, -0.2) is 30.8 Å². The Morgan fingerprint density at radius 1 is 1.14 bits per heavy atom. The first-order valence-electron chi connectivity index (χ1n) is 6.98. The minimum absolute atomic E-state index is 0.252. The van der Waals surface area contributed by atoms with Gasteiger partial charge in [-0.3, -0.25) is 0 Å². The third kappa shape index (κ3) is 7.34. The number of nitrogens with one attached hydrogen (secondary N) is 1. The number of ether oxygens (including phenoxy) is 2. The van der Waals surface area contributed by atoms with E-state index in [0.29, 0.717) is 18.5 Å². The number of hydrogen-bond acceptors (Lipinski definition) is 4. The van der Waals surface area contributed by atoms with Crippen LogP contribution in [0, 0.1) is 6.92 Å². The van der Waals surface area contributed by atoms with Gasteiger partial charge in [0, 0.05) is 6.54 Å². The van der Waals surface area contributed by atoms with E-state index in [9.17, 15) is 9.59 Å². The molecular formula is C16H23NO4. The number of rotatable bonds is 5. The zero-order chi connectivity index (χ0) is 15.9. The summed E-state index contributed by atoms with van der Waals surface area (Å²) in [5, 5.41) is 2.61. The van der Waals surface area contributed by atoms with Crippen LogP contribution >= 0.6 is 0 Å². The van der Waals surface area contributed by atoms with Gasteiger partial charge in [0.2, 0.25) is 0 Å². The molecule has 0 heterocycles. The van der Waals surface area contributed by atoms with Crippen molar-refractivity contribution in [3.8, 4) is 0 Å². The molecule has 0 aliphatic heterocycles. The first kappa shape index (κ1) is 17.0. The lowest BCUT2D eigenvalue weighted by Crippen LogP contribution is -2.33. The Morgan fingerprint density at radius 2 is 1.76 bits per heavy atom. The second kappa shape index (κ2) is 7.67. The van der Waals surface area contributed by atoms with Gasteiger partial charge in [0.15, 0.2) is 0 Å². The minimum Gasteiger partial charge on any atom is -0.462 e. The van der Waals surface area contributed by atoms with Crippen molar-refractivity contribution in [3.63, 3.8) is 0 Å². The molecule has 0 bridgehead atoms. The van der Waals surface area contributed by atoms with Crippen LogP contribution in [0.4, 0.5) is 4.79 Å². The number of carbonyl (C=O) groups is 2. The number of carbonyl (C=O) groups excluding carboxylic acids is 2. The Hall–Kier alpha value is -2.04. The van der Waals surface area contributed by atoms with Crippen LogP contribution in [0.15, 0.2) is 24.3 Å². The standard InChI is InChI=1S/C16H23NO4/c1-12-6-8-13(9-7-12)14(18)20-11-5-10-17-15(19)21-16(2,3)4/h6-9H,5,10-11H2,1-4H3,(H,17,19). The van der Waals surface area contributed by atoms with Crippen LogP contribution < -0.4 is 5.32 Å². The lowest BCUT2D eigenvalue weighted by Gasteiger charge is -2.19. The normalized spacial score (nSPS) is 10.9. The van der Waals surface area contributed by atoms with E-state index in [1.54, 1.807) is 32.9 Å². The number of esters is 1. The summed E-state index contributed by atoms with van der Waals surface area (Å²) in [6.45, 7) is 8.01. The molecule has 0 aromatic heterocycles. The largest absolute Gasteiger partial charge is 0.462 e. The van der Waals surface area contributed by atoms with E-state index in [4.69, 9.17) is 9.47 Å². The molecule has 1 aromatic rings. The van der Waals surface area contributed by atoms with Gasteiger partial charge in [-0.2, -0.15) is 0 Å². The Bertz CT molecular complexity index is 474. The van der Waals surface area contributed by atoms with Crippen molar-refractivity contribution in [2.75, 3.05) is 13.2 Å². The minimum atomic E-state index is -0.512. The highest BCUT2D eigenvalue weighted by Gasteiger charge is 2.15. The fraction of sp³-hybridized carbons (Fsp3) is 0.500. The summed E-state index contributed by atoms with van der Waals surface area (Å²) in [6.07, 6.45) is 0.0731. The van der Waals surface area contributed by atoms with Gasteiger partial charge >= 0.3 is 12.1 Å². The number of hydrogen-bond donors (Lipinski definition) is 1. The lowest BCUT2D eigenvalue weighted by molar-refractivity contribution is 0.0483. The second-order valence-electron chi connectivity index (χ2n) is 5.78. The monoisotopic (exact) mass is 293 g/mol. The van der Waals surface area contributed by atoms with Gasteiger partial charge in [-0.15, -0.1) is 0 Å². The van der Waals surface area contributed by atoms with Gasteiger partial charge in [-0.25, -0.2) is 9.59 Å². The van der Waals surface area contributed by atoms with Gasteiger partial charge < -0.3 is 14.8 Å². The van der Waals surface area contributed by atoms with Gasteiger partial charge in [-0.1, -0.05) is 17.7 Å². The van der Waals surface area contributed by atoms with E-state index in [1.807, 2.05) is 19.1 Å². The summed E-state index contributed by atoms with van der Waals surface area (Å²) in [5.74, 6) is -0.354. The summed E-state index contributed by atoms with van der Waals surface area (Å²) < 4.78 is 10.2. The third-order valence-corrected chi connectivity index (χ3v) is 2.51. The maximum atomic E-state index is 11.7. The first-order valence-corrected chi connectivity index (χ1v) is 6.98. The van der Waals surface area contributed by atoms with Crippen molar-refractivity contribution >= 4 is 12.1 Å². The van der Waals surface area contributed by atoms with Crippen molar-refractivity contribution in [3.05, 3.63) is 35.4 Å². The molecule has 1 rings (SSSR count). The predicted octanol–water partition coefficient (Wildman–Crippen LogP) is 3.07. The highest BCUT2D eigenvalue weighted by atomic mass is 16.6. The summed E-state index contributed by atoms with van der Waals surface area (Å²) in [6, 6.07) is 7.19. The quantitative estimate of drug-likeness (QED) is 0.669. The molecule has 0 fully saturated rings.